The summed E-state index contributed by atoms with van der Waals surface area (Å²) in [6, 6.07) is 5.31. The molecule has 0 radical (unpaired) electrons. The summed E-state index contributed by atoms with van der Waals surface area (Å²) in [5.74, 6) is -0.446. The van der Waals surface area contributed by atoms with Gasteiger partial charge in [0.05, 0.1) is 29.5 Å². The second kappa shape index (κ2) is 8.09. The SMILES string of the molecule is Cc1nn([C@H]2CCS(=O)(=O)C2)c(C)c1/C=N\NC(=O)COc1cccc(F)c1. The van der Waals surface area contributed by atoms with Gasteiger partial charge in [0.1, 0.15) is 11.6 Å². The Labute approximate surface area is 162 Å². The minimum Gasteiger partial charge on any atom is -0.484 e. The molecule has 1 aliphatic rings. The first-order valence-electron chi connectivity index (χ1n) is 8.71. The van der Waals surface area contributed by atoms with Gasteiger partial charge in [0.2, 0.25) is 0 Å². The maximum Gasteiger partial charge on any atom is 0.277 e. The van der Waals surface area contributed by atoms with Gasteiger partial charge in [0, 0.05) is 17.3 Å². The van der Waals surface area contributed by atoms with Gasteiger partial charge in [-0.15, -0.1) is 0 Å². The van der Waals surface area contributed by atoms with E-state index in [1.165, 1.54) is 24.4 Å². The molecule has 1 N–H and O–H groups in total. The number of hydrazone groups is 1. The Hall–Kier alpha value is -2.75. The van der Waals surface area contributed by atoms with Crippen molar-refractivity contribution in [3.8, 4) is 5.75 Å². The molecule has 1 atom stereocenters. The Morgan fingerprint density at radius 1 is 1.46 bits per heavy atom. The monoisotopic (exact) mass is 408 g/mol. The van der Waals surface area contributed by atoms with E-state index >= 15 is 0 Å². The molecular formula is C18H21FN4O4S. The average molecular weight is 408 g/mol. The molecule has 28 heavy (non-hydrogen) atoms. The van der Waals surface area contributed by atoms with Crippen molar-refractivity contribution in [2.75, 3.05) is 18.1 Å². The van der Waals surface area contributed by atoms with Gasteiger partial charge in [-0.1, -0.05) is 6.07 Å². The van der Waals surface area contributed by atoms with Crippen molar-refractivity contribution in [2.24, 2.45) is 5.10 Å². The van der Waals surface area contributed by atoms with E-state index in [1.807, 2.05) is 6.92 Å². The number of ether oxygens (including phenoxy) is 1. The van der Waals surface area contributed by atoms with Gasteiger partial charge < -0.3 is 4.74 Å². The Bertz CT molecular complexity index is 1020. The number of sulfone groups is 1. The minimum absolute atomic E-state index is 0.0830. The predicted octanol–water partition coefficient (Wildman–Crippen LogP) is 1.53. The van der Waals surface area contributed by atoms with Crippen LogP contribution in [-0.2, 0) is 14.6 Å². The van der Waals surface area contributed by atoms with Crippen LogP contribution in [0.2, 0.25) is 0 Å². The average Bonchev–Trinajstić information content (AvgIpc) is 3.13. The van der Waals surface area contributed by atoms with Crippen LogP contribution in [0, 0.1) is 19.7 Å². The zero-order valence-electron chi connectivity index (χ0n) is 15.6. The van der Waals surface area contributed by atoms with E-state index in [0.29, 0.717) is 12.1 Å². The van der Waals surface area contributed by atoms with Crippen LogP contribution in [0.5, 0.6) is 5.75 Å². The van der Waals surface area contributed by atoms with Gasteiger partial charge in [-0.3, -0.25) is 9.48 Å². The zero-order valence-corrected chi connectivity index (χ0v) is 16.4. The van der Waals surface area contributed by atoms with Gasteiger partial charge in [-0.25, -0.2) is 18.2 Å². The molecule has 1 aromatic heterocycles. The quantitative estimate of drug-likeness (QED) is 0.577. The Morgan fingerprint density at radius 3 is 2.93 bits per heavy atom. The number of benzene rings is 1. The normalized spacial score (nSPS) is 18.5. The Kier molecular flexibility index (Phi) is 5.78. The number of nitrogens with zero attached hydrogens (tertiary/aromatic N) is 3. The first kappa shape index (κ1) is 20.0. The van der Waals surface area contributed by atoms with Crippen molar-refractivity contribution in [3.05, 3.63) is 47.0 Å². The molecule has 8 nitrogen and oxygen atoms in total. The van der Waals surface area contributed by atoms with Crippen LogP contribution in [0.3, 0.4) is 0 Å². The molecule has 1 saturated heterocycles. The second-order valence-electron chi connectivity index (χ2n) is 6.63. The highest BCUT2D eigenvalue weighted by molar-refractivity contribution is 7.91. The van der Waals surface area contributed by atoms with Gasteiger partial charge in [-0.2, -0.15) is 10.2 Å². The van der Waals surface area contributed by atoms with Crippen LogP contribution in [0.25, 0.3) is 0 Å². The van der Waals surface area contributed by atoms with Crippen LogP contribution < -0.4 is 10.2 Å². The van der Waals surface area contributed by atoms with Crippen LogP contribution in [0.4, 0.5) is 4.39 Å². The van der Waals surface area contributed by atoms with E-state index in [4.69, 9.17) is 4.74 Å². The lowest BCUT2D eigenvalue weighted by Gasteiger charge is -2.10. The third-order valence-corrected chi connectivity index (χ3v) is 6.23. The van der Waals surface area contributed by atoms with Crippen LogP contribution in [0.1, 0.15) is 29.4 Å². The zero-order chi connectivity index (χ0) is 20.3. The van der Waals surface area contributed by atoms with Crippen LogP contribution >= 0.6 is 0 Å². The van der Waals surface area contributed by atoms with Crippen molar-refractivity contribution in [1.82, 2.24) is 15.2 Å². The van der Waals surface area contributed by atoms with Crippen LogP contribution in [-0.4, -0.2) is 48.4 Å². The van der Waals surface area contributed by atoms with Crippen molar-refractivity contribution < 1.29 is 22.3 Å². The molecule has 3 rings (SSSR count). The molecule has 1 fully saturated rings. The molecule has 2 heterocycles. The van der Waals surface area contributed by atoms with Crippen molar-refractivity contribution in [3.63, 3.8) is 0 Å². The topological polar surface area (TPSA) is 103 Å². The van der Waals surface area contributed by atoms with Gasteiger partial charge in [0.15, 0.2) is 16.4 Å². The second-order valence-corrected chi connectivity index (χ2v) is 8.85. The summed E-state index contributed by atoms with van der Waals surface area (Å²) in [7, 11) is -3.01. The standard InChI is InChI=1S/C18H21FN4O4S/c1-12-17(13(2)23(22-12)15-6-7-28(25,26)11-15)9-20-21-18(24)10-27-16-5-3-4-14(19)8-16/h3-5,8-9,15H,6-7,10-11H2,1-2H3,(H,21,24)/b20-9-/t15-/m0/s1. The van der Waals surface area contributed by atoms with Gasteiger partial charge in [-0.05, 0) is 32.4 Å². The molecule has 0 aliphatic carbocycles. The highest BCUT2D eigenvalue weighted by Crippen LogP contribution is 2.26. The van der Waals surface area contributed by atoms with E-state index < -0.39 is 21.6 Å². The lowest BCUT2D eigenvalue weighted by molar-refractivity contribution is -0.123. The van der Waals surface area contributed by atoms with E-state index in [9.17, 15) is 17.6 Å². The number of halogens is 1. The molecule has 150 valence electrons. The highest BCUT2D eigenvalue weighted by Gasteiger charge is 2.31. The number of amides is 1. The number of nitrogens with one attached hydrogen (secondary N) is 1. The first-order valence-corrected chi connectivity index (χ1v) is 10.5. The van der Waals surface area contributed by atoms with Crippen molar-refractivity contribution in [2.45, 2.75) is 26.3 Å². The summed E-state index contributed by atoms with van der Waals surface area (Å²) < 4.78 is 43.4. The predicted molar refractivity (Wildman–Crippen MR) is 102 cm³/mol. The number of carbonyl (C=O) groups excluding carboxylic acids is 1. The summed E-state index contributed by atoms with van der Waals surface area (Å²) in [5, 5.41) is 8.34. The largest absolute Gasteiger partial charge is 0.484 e. The third-order valence-electron chi connectivity index (χ3n) is 4.48. The molecule has 2 aromatic rings. The summed E-state index contributed by atoms with van der Waals surface area (Å²) in [6.45, 7) is 3.32. The summed E-state index contributed by atoms with van der Waals surface area (Å²) >= 11 is 0. The smallest absolute Gasteiger partial charge is 0.277 e. The molecule has 10 heteroatoms. The molecule has 1 aliphatic heterocycles. The minimum atomic E-state index is -3.01. The third kappa shape index (κ3) is 4.75. The highest BCUT2D eigenvalue weighted by atomic mass is 32.2. The molecule has 0 spiro atoms. The first-order chi connectivity index (χ1) is 13.2. The molecule has 0 unspecified atom stereocenters. The van der Waals surface area contributed by atoms with Crippen molar-refractivity contribution in [1.29, 1.82) is 0 Å². The van der Waals surface area contributed by atoms with Crippen molar-refractivity contribution >= 4 is 22.0 Å². The number of aryl methyl sites for hydroxylation is 1. The summed E-state index contributed by atoms with van der Waals surface area (Å²) in [5.41, 5.74) is 4.54. The van der Waals surface area contributed by atoms with E-state index in [-0.39, 0.29) is 29.9 Å². The number of aromatic nitrogens is 2. The lowest BCUT2D eigenvalue weighted by atomic mass is 10.2. The lowest BCUT2D eigenvalue weighted by Crippen LogP contribution is -2.24. The maximum absolute atomic E-state index is 13.1. The fraction of sp³-hybridized carbons (Fsp3) is 0.389. The van der Waals surface area contributed by atoms with E-state index in [0.717, 1.165) is 11.3 Å². The summed E-state index contributed by atoms with van der Waals surface area (Å²) in [6.07, 6.45) is 2.01. The number of carbonyl (C=O) groups is 1. The molecule has 0 bridgehead atoms. The van der Waals surface area contributed by atoms with Gasteiger partial charge in [0.25, 0.3) is 5.91 Å². The van der Waals surface area contributed by atoms with E-state index in [1.54, 1.807) is 17.7 Å². The maximum atomic E-state index is 13.1. The molecular weight excluding hydrogens is 387 g/mol. The Morgan fingerprint density at radius 2 is 2.25 bits per heavy atom. The fourth-order valence-electron chi connectivity index (χ4n) is 3.09. The van der Waals surface area contributed by atoms with E-state index in [2.05, 4.69) is 15.6 Å². The number of hydrogen-bond acceptors (Lipinski definition) is 6. The molecule has 1 amide bonds. The summed E-state index contributed by atoms with van der Waals surface area (Å²) in [4.78, 5) is 11.8. The number of rotatable bonds is 6. The van der Waals surface area contributed by atoms with Gasteiger partial charge >= 0.3 is 0 Å². The number of hydrogen-bond donors (Lipinski definition) is 1. The fourth-order valence-corrected chi connectivity index (χ4v) is 4.79. The van der Waals surface area contributed by atoms with Crippen LogP contribution in [0.15, 0.2) is 29.4 Å². The molecule has 0 saturated carbocycles. The Balaban J connectivity index is 1.59. The molecule has 1 aromatic carbocycles.